The van der Waals surface area contributed by atoms with Crippen LogP contribution >= 0.6 is 0 Å². The number of aliphatic carboxylic acids is 1. The average Bonchev–Trinajstić information content (AvgIpc) is 2.87. The number of pyridine rings is 1. The van der Waals surface area contributed by atoms with Gasteiger partial charge in [-0.2, -0.15) is 0 Å². The van der Waals surface area contributed by atoms with Crippen LogP contribution in [0.1, 0.15) is 38.3 Å². The number of nitrogens with zero attached hydrogens (tertiary/aromatic N) is 2. The molecule has 114 valence electrons. The molecule has 2 amide bonds. The van der Waals surface area contributed by atoms with Crippen molar-refractivity contribution < 1.29 is 14.7 Å². The van der Waals surface area contributed by atoms with E-state index in [4.69, 9.17) is 0 Å². The van der Waals surface area contributed by atoms with Gasteiger partial charge in [-0.05, 0) is 38.3 Å². The predicted octanol–water partition coefficient (Wildman–Crippen LogP) is 2.64. The first-order valence-corrected chi connectivity index (χ1v) is 7.24. The number of hydrogen-bond donors (Lipinski definition) is 2. The Kier molecular flexibility index (Phi) is 4.45. The number of carboxylic acid groups (broad SMARTS) is 1. The van der Waals surface area contributed by atoms with Gasteiger partial charge >= 0.3 is 12.0 Å². The molecule has 2 N–H and O–H groups in total. The Balaban J connectivity index is 2.16. The van der Waals surface area contributed by atoms with Crippen molar-refractivity contribution in [1.82, 2.24) is 9.88 Å². The Labute approximate surface area is 124 Å². The van der Waals surface area contributed by atoms with E-state index in [-0.39, 0.29) is 6.03 Å². The lowest BCUT2D eigenvalue weighted by Gasteiger charge is -2.34. The number of rotatable bonds is 4. The fourth-order valence-electron chi connectivity index (χ4n) is 2.91. The van der Waals surface area contributed by atoms with Crippen LogP contribution in [0.5, 0.6) is 0 Å². The number of anilines is 1. The second-order valence-electron chi connectivity index (χ2n) is 5.46. The topological polar surface area (TPSA) is 82.5 Å². The summed E-state index contributed by atoms with van der Waals surface area (Å²) in [4.78, 5) is 29.7. The van der Waals surface area contributed by atoms with Crippen molar-refractivity contribution in [3.05, 3.63) is 24.0 Å². The minimum atomic E-state index is -1.07. The molecule has 2 heterocycles. The van der Waals surface area contributed by atoms with Gasteiger partial charge in [-0.25, -0.2) is 9.59 Å². The molecule has 6 nitrogen and oxygen atoms in total. The van der Waals surface area contributed by atoms with E-state index < -0.39 is 11.5 Å². The van der Waals surface area contributed by atoms with Gasteiger partial charge in [-0.3, -0.25) is 4.98 Å². The summed E-state index contributed by atoms with van der Waals surface area (Å²) in [5.74, 6) is -0.918. The molecule has 0 saturated carbocycles. The lowest BCUT2D eigenvalue weighted by molar-refractivity contribution is -0.148. The maximum atomic E-state index is 12.4. The zero-order valence-electron chi connectivity index (χ0n) is 12.4. The number of urea groups is 1. The Morgan fingerprint density at radius 1 is 1.48 bits per heavy atom. The van der Waals surface area contributed by atoms with E-state index in [9.17, 15) is 14.7 Å². The summed E-state index contributed by atoms with van der Waals surface area (Å²) < 4.78 is 0. The van der Waals surface area contributed by atoms with E-state index in [2.05, 4.69) is 10.3 Å². The van der Waals surface area contributed by atoms with Crippen molar-refractivity contribution in [3.63, 3.8) is 0 Å². The van der Waals surface area contributed by atoms with Gasteiger partial charge in [0.2, 0.25) is 0 Å². The third-order valence-electron chi connectivity index (χ3n) is 3.96. The number of aromatic nitrogens is 1. The highest BCUT2D eigenvalue weighted by Gasteiger charge is 2.49. The molecule has 0 radical (unpaired) electrons. The highest BCUT2D eigenvalue weighted by molar-refractivity contribution is 5.94. The summed E-state index contributed by atoms with van der Waals surface area (Å²) in [6, 6.07) is 3.20. The molecule has 1 unspecified atom stereocenters. The summed E-state index contributed by atoms with van der Waals surface area (Å²) in [7, 11) is 0. The number of carbonyl (C=O) groups excluding carboxylic acids is 1. The fraction of sp³-hybridized carbons (Fsp3) is 0.533. The number of carboxylic acids is 1. The van der Waals surface area contributed by atoms with E-state index in [0.717, 1.165) is 12.1 Å². The van der Waals surface area contributed by atoms with E-state index in [1.54, 1.807) is 18.3 Å². The van der Waals surface area contributed by atoms with Crippen LogP contribution in [0.2, 0.25) is 0 Å². The van der Waals surface area contributed by atoms with Crippen molar-refractivity contribution in [2.75, 3.05) is 11.9 Å². The minimum Gasteiger partial charge on any atom is -0.479 e. The SMILES string of the molecule is CCCC1(C(=O)O)CCCN1C(=O)Nc1ccc(C)nc1. The summed E-state index contributed by atoms with van der Waals surface area (Å²) in [5.41, 5.74) is 0.366. The summed E-state index contributed by atoms with van der Waals surface area (Å²) >= 11 is 0. The van der Waals surface area contributed by atoms with E-state index in [0.29, 0.717) is 31.5 Å². The van der Waals surface area contributed by atoms with E-state index >= 15 is 0 Å². The number of aryl methyl sites for hydroxylation is 1. The van der Waals surface area contributed by atoms with Gasteiger partial charge in [0, 0.05) is 12.2 Å². The van der Waals surface area contributed by atoms with Crippen LogP contribution < -0.4 is 5.32 Å². The normalized spacial score (nSPS) is 21.3. The standard InChI is InChI=1S/C15H21N3O3/c1-3-7-15(13(19)20)8-4-9-18(15)14(21)17-12-6-5-11(2)16-10-12/h5-6,10H,3-4,7-9H2,1-2H3,(H,17,21)(H,19,20). The van der Waals surface area contributed by atoms with Crippen molar-refractivity contribution in [2.24, 2.45) is 0 Å². The van der Waals surface area contributed by atoms with Crippen LogP contribution in [0.3, 0.4) is 0 Å². The Morgan fingerprint density at radius 2 is 2.24 bits per heavy atom. The quantitative estimate of drug-likeness (QED) is 0.893. The van der Waals surface area contributed by atoms with E-state index in [1.807, 2.05) is 13.8 Å². The maximum Gasteiger partial charge on any atom is 0.329 e. The van der Waals surface area contributed by atoms with Crippen LogP contribution in [-0.4, -0.2) is 39.1 Å². The van der Waals surface area contributed by atoms with E-state index in [1.165, 1.54) is 4.90 Å². The predicted molar refractivity (Wildman–Crippen MR) is 79.2 cm³/mol. The zero-order valence-corrected chi connectivity index (χ0v) is 12.4. The van der Waals surface area contributed by atoms with Crippen molar-refractivity contribution in [2.45, 2.75) is 45.1 Å². The monoisotopic (exact) mass is 291 g/mol. The molecule has 0 aromatic carbocycles. The number of nitrogens with one attached hydrogen (secondary N) is 1. The molecule has 6 heteroatoms. The smallest absolute Gasteiger partial charge is 0.329 e. The largest absolute Gasteiger partial charge is 0.479 e. The molecule has 1 atom stereocenters. The van der Waals surface area contributed by atoms with Gasteiger partial charge in [-0.1, -0.05) is 13.3 Å². The molecule has 1 aromatic rings. The van der Waals surface area contributed by atoms with Crippen LogP contribution in [-0.2, 0) is 4.79 Å². The second kappa shape index (κ2) is 6.11. The molecule has 2 rings (SSSR count). The Bertz CT molecular complexity index is 529. The van der Waals surface area contributed by atoms with Crippen LogP contribution in [0, 0.1) is 6.92 Å². The molecule has 1 aliphatic rings. The van der Waals surface area contributed by atoms with Crippen molar-refractivity contribution >= 4 is 17.7 Å². The van der Waals surface area contributed by atoms with Crippen LogP contribution in [0.15, 0.2) is 18.3 Å². The first-order chi connectivity index (χ1) is 9.99. The molecule has 0 spiro atoms. The molecule has 1 saturated heterocycles. The molecule has 21 heavy (non-hydrogen) atoms. The minimum absolute atomic E-state index is 0.367. The molecular formula is C15H21N3O3. The lowest BCUT2D eigenvalue weighted by Crippen LogP contribution is -2.54. The number of amides is 2. The second-order valence-corrected chi connectivity index (χ2v) is 5.46. The van der Waals surface area contributed by atoms with Gasteiger partial charge in [0.25, 0.3) is 0 Å². The third kappa shape index (κ3) is 2.99. The van der Waals surface area contributed by atoms with Gasteiger partial charge in [0.1, 0.15) is 5.54 Å². The molecule has 0 bridgehead atoms. The molecule has 1 aromatic heterocycles. The first kappa shape index (κ1) is 15.3. The molecule has 0 aliphatic carbocycles. The maximum absolute atomic E-state index is 12.4. The zero-order chi connectivity index (χ0) is 15.5. The van der Waals surface area contributed by atoms with Crippen molar-refractivity contribution in [1.29, 1.82) is 0 Å². The summed E-state index contributed by atoms with van der Waals surface area (Å²) in [6.07, 6.45) is 4.00. The molecule has 1 aliphatic heterocycles. The highest BCUT2D eigenvalue weighted by Crippen LogP contribution is 2.34. The van der Waals surface area contributed by atoms with Gasteiger partial charge in [0.05, 0.1) is 11.9 Å². The summed E-state index contributed by atoms with van der Waals surface area (Å²) in [6.45, 7) is 4.27. The fourth-order valence-corrected chi connectivity index (χ4v) is 2.91. The highest BCUT2D eigenvalue weighted by atomic mass is 16.4. The summed E-state index contributed by atoms with van der Waals surface area (Å²) in [5, 5.41) is 12.3. The molecule has 1 fully saturated rings. The lowest BCUT2D eigenvalue weighted by atomic mass is 9.91. The molecular weight excluding hydrogens is 270 g/mol. The van der Waals surface area contributed by atoms with Gasteiger partial charge in [0.15, 0.2) is 0 Å². The first-order valence-electron chi connectivity index (χ1n) is 7.24. The van der Waals surface area contributed by atoms with Crippen molar-refractivity contribution in [3.8, 4) is 0 Å². The van der Waals surface area contributed by atoms with Gasteiger partial charge < -0.3 is 15.3 Å². The average molecular weight is 291 g/mol. The Morgan fingerprint density at radius 3 is 2.81 bits per heavy atom. The number of likely N-dealkylation sites (tertiary alicyclic amines) is 1. The third-order valence-corrected chi connectivity index (χ3v) is 3.96. The van der Waals surface area contributed by atoms with Crippen LogP contribution in [0.4, 0.5) is 10.5 Å². The van der Waals surface area contributed by atoms with Crippen LogP contribution in [0.25, 0.3) is 0 Å². The number of hydrogen-bond acceptors (Lipinski definition) is 3. The van der Waals surface area contributed by atoms with Gasteiger partial charge in [-0.15, -0.1) is 0 Å². The Hall–Kier alpha value is -2.11. The number of carbonyl (C=O) groups is 2.